The second kappa shape index (κ2) is 10.8. The van der Waals surface area contributed by atoms with Crippen molar-refractivity contribution in [3.05, 3.63) is 59.8 Å². The molecule has 29 heavy (non-hydrogen) atoms. The molecule has 2 heterocycles. The normalized spacial score (nSPS) is 16.5. The number of aliphatic hydroxyl groups excluding tert-OH is 1. The van der Waals surface area contributed by atoms with E-state index in [2.05, 4.69) is 43.5 Å². The molecule has 1 aliphatic heterocycles. The van der Waals surface area contributed by atoms with E-state index in [4.69, 9.17) is 0 Å². The van der Waals surface area contributed by atoms with Crippen LogP contribution in [0.5, 0.6) is 0 Å². The van der Waals surface area contributed by atoms with Crippen LogP contribution in [0.2, 0.25) is 0 Å². The smallest absolute Gasteiger partial charge is 0.191 e. The first-order chi connectivity index (χ1) is 14.2. The largest absolute Gasteiger partial charge is 0.396 e. The molecular formula is C22H32N6O. The maximum atomic E-state index is 9.75. The maximum Gasteiger partial charge on any atom is 0.191 e. The Morgan fingerprint density at radius 1 is 1.10 bits per heavy atom. The van der Waals surface area contributed by atoms with E-state index in [1.165, 1.54) is 0 Å². The monoisotopic (exact) mass is 396 g/mol. The third-order valence-corrected chi connectivity index (χ3v) is 5.35. The van der Waals surface area contributed by atoms with Crippen molar-refractivity contribution in [2.45, 2.75) is 12.5 Å². The van der Waals surface area contributed by atoms with Gasteiger partial charge in [-0.05, 0) is 18.7 Å². The summed E-state index contributed by atoms with van der Waals surface area (Å²) >= 11 is 0. The molecule has 1 fully saturated rings. The molecule has 0 saturated carbocycles. The number of piperazine rings is 1. The Morgan fingerprint density at radius 2 is 1.86 bits per heavy atom. The van der Waals surface area contributed by atoms with E-state index in [9.17, 15) is 5.11 Å². The zero-order chi connectivity index (χ0) is 20.5. The Labute approximate surface area is 173 Å². The Kier molecular flexibility index (Phi) is 7.84. The summed E-state index contributed by atoms with van der Waals surface area (Å²) in [6.07, 6.45) is 1.86. The molecule has 1 aliphatic rings. The fourth-order valence-corrected chi connectivity index (χ4v) is 3.50. The van der Waals surface area contributed by atoms with Gasteiger partial charge in [0, 0.05) is 64.0 Å². The van der Waals surface area contributed by atoms with Gasteiger partial charge < -0.3 is 25.5 Å². The van der Waals surface area contributed by atoms with Gasteiger partial charge in [0.05, 0.1) is 6.61 Å². The summed E-state index contributed by atoms with van der Waals surface area (Å²) in [7, 11) is 3.92. The van der Waals surface area contributed by atoms with Crippen LogP contribution >= 0.6 is 0 Å². The molecular weight excluding hydrogens is 364 g/mol. The van der Waals surface area contributed by atoms with E-state index in [0.717, 1.165) is 43.1 Å². The lowest BCUT2D eigenvalue weighted by Crippen LogP contribution is -2.45. The van der Waals surface area contributed by atoms with Crippen LogP contribution in [0.25, 0.3) is 0 Å². The maximum absolute atomic E-state index is 9.75. The molecule has 0 spiro atoms. The van der Waals surface area contributed by atoms with Crippen LogP contribution in [-0.4, -0.2) is 74.4 Å². The van der Waals surface area contributed by atoms with Crippen LogP contribution in [0.3, 0.4) is 0 Å². The van der Waals surface area contributed by atoms with Crippen LogP contribution in [0.4, 0.5) is 5.82 Å². The number of nitrogens with one attached hydrogen (secondary N) is 2. The molecule has 1 unspecified atom stereocenters. The predicted molar refractivity (Wildman–Crippen MR) is 118 cm³/mol. The van der Waals surface area contributed by atoms with Gasteiger partial charge in [0.2, 0.25) is 0 Å². The second-order valence-corrected chi connectivity index (χ2v) is 7.37. The standard InChI is InChI=1S/C22H32N6O/c1-23-22(26-16-20(17-29)18-7-4-3-5-8-18)25-15-19-9-6-10-24-21(19)28-13-11-27(2)12-14-28/h3-10,20,29H,11-17H2,1-2H3,(H2,23,25,26). The predicted octanol–water partition coefficient (Wildman–Crippen LogP) is 1.27. The minimum atomic E-state index is 0.0223. The third kappa shape index (κ3) is 5.92. The summed E-state index contributed by atoms with van der Waals surface area (Å²) in [5.41, 5.74) is 2.27. The molecule has 1 saturated heterocycles. The number of aliphatic hydroxyl groups is 1. The average Bonchev–Trinajstić information content (AvgIpc) is 2.78. The van der Waals surface area contributed by atoms with Gasteiger partial charge >= 0.3 is 0 Å². The van der Waals surface area contributed by atoms with Gasteiger partial charge in [-0.25, -0.2) is 4.98 Å². The van der Waals surface area contributed by atoms with E-state index < -0.39 is 0 Å². The summed E-state index contributed by atoms with van der Waals surface area (Å²) in [5.74, 6) is 1.78. The first-order valence-corrected chi connectivity index (χ1v) is 10.2. The first-order valence-electron chi connectivity index (χ1n) is 10.2. The number of hydrogen-bond donors (Lipinski definition) is 3. The molecule has 1 aromatic heterocycles. The van der Waals surface area contributed by atoms with Gasteiger partial charge in [-0.2, -0.15) is 0 Å². The Bertz CT molecular complexity index is 774. The van der Waals surface area contributed by atoms with Crippen molar-refractivity contribution in [1.82, 2.24) is 20.5 Å². The zero-order valence-corrected chi connectivity index (χ0v) is 17.4. The lowest BCUT2D eigenvalue weighted by molar-refractivity contribution is 0.265. The number of nitrogens with zero attached hydrogens (tertiary/aromatic N) is 4. The fourth-order valence-electron chi connectivity index (χ4n) is 3.50. The molecule has 0 radical (unpaired) electrons. The van der Waals surface area contributed by atoms with E-state index in [-0.39, 0.29) is 12.5 Å². The van der Waals surface area contributed by atoms with Crippen molar-refractivity contribution in [2.75, 3.05) is 58.3 Å². The summed E-state index contributed by atoms with van der Waals surface area (Å²) < 4.78 is 0. The summed E-state index contributed by atoms with van der Waals surface area (Å²) in [4.78, 5) is 13.7. The molecule has 3 N–H and O–H groups in total. The van der Waals surface area contributed by atoms with Crippen molar-refractivity contribution < 1.29 is 5.11 Å². The van der Waals surface area contributed by atoms with Crippen LogP contribution < -0.4 is 15.5 Å². The Morgan fingerprint density at radius 3 is 2.55 bits per heavy atom. The van der Waals surface area contributed by atoms with Crippen LogP contribution in [0.15, 0.2) is 53.7 Å². The van der Waals surface area contributed by atoms with Gasteiger partial charge in [0.25, 0.3) is 0 Å². The molecule has 156 valence electrons. The van der Waals surface area contributed by atoms with Crippen LogP contribution in [0.1, 0.15) is 17.0 Å². The molecule has 3 rings (SSSR count). The highest BCUT2D eigenvalue weighted by Gasteiger charge is 2.18. The number of hydrogen-bond acceptors (Lipinski definition) is 5. The molecule has 1 aromatic carbocycles. The Balaban J connectivity index is 1.57. The summed E-state index contributed by atoms with van der Waals surface area (Å²) in [6.45, 7) is 5.42. The zero-order valence-electron chi connectivity index (χ0n) is 17.4. The van der Waals surface area contributed by atoms with E-state index in [0.29, 0.717) is 19.0 Å². The van der Waals surface area contributed by atoms with Gasteiger partial charge in [-0.3, -0.25) is 4.99 Å². The number of likely N-dealkylation sites (N-methyl/N-ethyl adjacent to an activating group) is 1. The van der Waals surface area contributed by atoms with Gasteiger partial charge in [-0.1, -0.05) is 36.4 Å². The molecule has 0 bridgehead atoms. The fraction of sp³-hybridized carbons (Fsp3) is 0.455. The summed E-state index contributed by atoms with van der Waals surface area (Å²) in [6, 6.07) is 14.1. The van der Waals surface area contributed by atoms with Crippen molar-refractivity contribution in [2.24, 2.45) is 4.99 Å². The number of guanidine groups is 1. The molecule has 2 aromatic rings. The highest BCUT2D eigenvalue weighted by molar-refractivity contribution is 5.79. The highest BCUT2D eigenvalue weighted by atomic mass is 16.3. The molecule has 0 amide bonds. The van der Waals surface area contributed by atoms with Crippen molar-refractivity contribution in [3.8, 4) is 0 Å². The molecule has 0 aliphatic carbocycles. The number of pyridine rings is 1. The van der Waals surface area contributed by atoms with Gasteiger partial charge in [0.15, 0.2) is 5.96 Å². The van der Waals surface area contributed by atoms with Gasteiger partial charge in [0.1, 0.15) is 5.82 Å². The Hall–Kier alpha value is -2.64. The number of benzene rings is 1. The average molecular weight is 397 g/mol. The lowest BCUT2D eigenvalue weighted by atomic mass is 10.0. The summed E-state index contributed by atoms with van der Waals surface area (Å²) in [5, 5.41) is 16.5. The van der Waals surface area contributed by atoms with E-state index in [1.807, 2.05) is 42.6 Å². The van der Waals surface area contributed by atoms with Crippen molar-refractivity contribution in [3.63, 3.8) is 0 Å². The van der Waals surface area contributed by atoms with Crippen LogP contribution in [0, 0.1) is 0 Å². The van der Waals surface area contributed by atoms with Crippen molar-refractivity contribution in [1.29, 1.82) is 0 Å². The van der Waals surface area contributed by atoms with Gasteiger partial charge in [-0.15, -0.1) is 0 Å². The molecule has 7 heteroatoms. The SMILES string of the molecule is CN=C(NCc1cccnc1N1CCN(C)CC1)NCC(CO)c1ccccc1. The quantitative estimate of drug-likeness (QED) is 0.484. The number of rotatable bonds is 7. The first kappa shape index (κ1) is 21.1. The third-order valence-electron chi connectivity index (χ3n) is 5.35. The van der Waals surface area contributed by atoms with Crippen molar-refractivity contribution >= 4 is 11.8 Å². The topological polar surface area (TPSA) is 76.0 Å². The van der Waals surface area contributed by atoms with Crippen LogP contribution in [-0.2, 0) is 6.54 Å². The van der Waals surface area contributed by atoms with E-state index >= 15 is 0 Å². The minimum absolute atomic E-state index is 0.0223. The van der Waals surface area contributed by atoms with E-state index in [1.54, 1.807) is 7.05 Å². The highest BCUT2D eigenvalue weighted by Crippen LogP contribution is 2.18. The second-order valence-electron chi connectivity index (χ2n) is 7.37. The minimum Gasteiger partial charge on any atom is -0.396 e. The molecule has 1 atom stereocenters. The lowest BCUT2D eigenvalue weighted by Gasteiger charge is -2.34. The number of aliphatic imine (C=N–C) groups is 1. The number of aromatic nitrogens is 1. The molecule has 7 nitrogen and oxygen atoms in total. The number of anilines is 1.